The number of nitrogens with zero attached hydrogens (tertiary/aromatic N) is 4. The van der Waals surface area contributed by atoms with Gasteiger partial charge in [-0.2, -0.15) is 10.1 Å². The first-order valence-corrected chi connectivity index (χ1v) is 10.6. The molecule has 1 unspecified atom stereocenters. The van der Waals surface area contributed by atoms with Gasteiger partial charge in [-0.05, 0) is 43.5 Å². The van der Waals surface area contributed by atoms with E-state index >= 15 is 0 Å². The molecule has 1 N–H and O–H groups in total. The lowest BCUT2D eigenvalue weighted by molar-refractivity contribution is -0.121. The van der Waals surface area contributed by atoms with E-state index in [1.165, 1.54) is 6.33 Å². The van der Waals surface area contributed by atoms with Gasteiger partial charge in [-0.1, -0.05) is 48.5 Å². The highest BCUT2D eigenvalue weighted by Gasteiger charge is 2.21. The zero-order valence-corrected chi connectivity index (χ0v) is 17.9. The van der Waals surface area contributed by atoms with Gasteiger partial charge in [0.25, 0.3) is 5.78 Å². The second kappa shape index (κ2) is 8.26. The molecule has 7 nitrogen and oxygen atoms in total. The summed E-state index contributed by atoms with van der Waals surface area (Å²) in [5.74, 6) is 1.22. The Hall–Kier alpha value is -4.00. The van der Waals surface area contributed by atoms with Gasteiger partial charge in [0.05, 0.1) is 0 Å². The number of furan rings is 1. The summed E-state index contributed by atoms with van der Waals surface area (Å²) >= 11 is 0. The average molecular weight is 425 g/mol. The lowest BCUT2D eigenvalue weighted by Gasteiger charge is -2.18. The molecule has 160 valence electrons. The number of hydrogen-bond donors (Lipinski definition) is 1. The first-order valence-electron chi connectivity index (χ1n) is 10.6. The van der Waals surface area contributed by atoms with Gasteiger partial charge in [-0.25, -0.2) is 9.50 Å². The topological polar surface area (TPSA) is 85.3 Å². The van der Waals surface area contributed by atoms with Crippen molar-refractivity contribution in [3.8, 4) is 0 Å². The smallest absolute Gasteiger partial charge is 0.252 e. The van der Waals surface area contributed by atoms with E-state index in [-0.39, 0.29) is 11.9 Å². The molecule has 0 saturated carbocycles. The van der Waals surface area contributed by atoms with E-state index in [2.05, 4.69) is 20.4 Å². The molecule has 3 heterocycles. The summed E-state index contributed by atoms with van der Waals surface area (Å²) < 4.78 is 7.79. The van der Waals surface area contributed by atoms with Crippen LogP contribution in [0.2, 0.25) is 0 Å². The number of hydrogen-bond acceptors (Lipinski definition) is 5. The van der Waals surface area contributed by atoms with Crippen molar-refractivity contribution < 1.29 is 9.21 Å². The van der Waals surface area contributed by atoms with E-state index in [4.69, 9.17) is 4.42 Å². The summed E-state index contributed by atoms with van der Waals surface area (Å²) in [5, 5.41) is 8.40. The monoisotopic (exact) mass is 425 g/mol. The summed E-state index contributed by atoms with van der Waals surface area (Å²) in [5.41, 5.74) is 4.61. The molecule has 0 aliphatic carbocycles. The van der Waals surface area contributed by atoms with Crippen LogP contribution in [0.4, 0.5) is 0 Å². The molecule has 0 fully saturated rings. The molecule has 5 rings (SSSR count). The lowest BCUT2D eigenvalue weighted by atomic mass is 10.0. The third kappa shape index (κ3) is 3.73. The van der Waals surface area contributed by atoms with Crippen molar-refractivity contribution >= 4 is 22.7 Å². The second-order valence-electron chi connectivity index (χ2n) is 7.83. The van der Waals surface area contributed by atoms with Crippen LogP contribution in [0.5, 0.6) is 0 Å². The molecule has 0 aliphatic heterocycles. The van der Waals surface area contributed by atoms with E-state index in [9.17, 15) is 4.79 Å². The van der Waals surface area contributed by atoms with Crippen molar-refractivity contribution in [1.29, 1.82) is 0 Å². The van der Waals surface area contributed by atoms with Crippen LogP contribution >= 0.6 is 0 Å². The molecule has 1 atom stereocenters. The van der Waals surface area contributed by atoms with Crippen molar-refractivity contribution in [3.63, 3.8) is 0 Å². The highest BCUT2D eigenvalue weighted by Crippen LogP contribution is 2.28. The van der Waals surface area contributed by atoms with Gasteiger partial charge in [0.1, 0.15) is 23.7 Å². The minimum absolute atomic E-state index is 0.0585. The van der Waals surface area contributed by atoms with Crippen LogP contribution in [0.3, 0.4) is 0 Å². The Morgan fingerprint density at radius 1 is 1.09 bits per heavy atom. The summed E-state index contributed by atoms with van der Waals surface area (Å²) in [7, 11) is 0. The fourth-order valence-corrected chi connectivity index (χ4v) is 4.10. The Bertz CT molecular complexity index is 1370. The van der Waals surface area contributed by atoms with Crippen molar-refractivity contribution in [2.24, 2.45) is 0 Å². The molecule has 5 aromatic rings. The molecule has 3 aromatic heterocycles. The third-order valence-electron chi connectivity index (χ3n) is 5.76. The number of nitrogens with one attached hydrogen (secondary N) is 1. The van der Waals surface area contributed by atoms with Crippen molar-refractivity contribution in [3.05, 3.63) is 95.3 Å². The number of benzene rings is 2. The number of carbonyl (C=O) groups excluding carboxylic acids is 1. The second-order valence-corrected chi connectivity index (χ2v) is 7.83. The molecule has 0 spiro atoms. The number of aryl methyl sites for hydroxylation is 2. The van der Waals surface area contributed by atoms with Crippen LogP contribution in [0.25, 0.3) is 16.7 Å². The molecule has 0 saturated heterocycles. The zero-order chi connectivity index (χ0) is 22.1. The molecule has 0 aliphatic rings. The van der Waals surface area contributed by atoms with E-state index in [1.807, 2.05) is 74.5 Å². The Balaban J connectivity index is 1.39. The molecule has 1 amide bonds. The Morgan fingerprint density at radius 2 is 1.88 bits per heavy atom. The van der Waals surface area contributed by atoms with Crippen molar-refractivity contribution in [2.75, 3.05) is 0 Å². The minimum Gasteiger partial charge on any atom is -0.459 e. The van der Waals surface area contributed by atoms with Crippen LogP contribution in [0.15, 0.2) is 71.4 Å². The van der Waals surface area contributed by atoms with Gasteiger partial charge in [0.15, 0.2) is 0 Å². The average Bonchev–Trinajstić information content (AvgIpc) is 3.44. The summed E-state index contributed by atoms with van der Waals surface area (Å²) in [6, 6.07) is 19.3. The van der Waals surface area contributed by atoms with E-state index < -0.39 is 0 Å². The van der Waals surface area contributed by atoms with Crippen LogP contribution in [0.1, 0.15) is 40.7 Å². The molecule has 7 heteroatoms. The third-order valence-corrected chi connectivity index (χ3v) is 5.76. The largest absolute Gasteiger partial charge is 0.459 e. The van der Waals surface area contributed by atoms with Crippen LogP contribution in [-0.2, 0) is 11.2 Å². The maximum absolute atomic E-state index is 13.0. The molecule has 0 bridgehead atoms. The van der Waals surface area contributed by atoms with E-state index in [0.717, 1.165) is 33.5 Å². The zero-order valence-electron chi connectivity index (χ0n) is 17.9. The molecule has 0 radical (unpaired) electrons. The van der Waals surface area contributed by atoms with Gasteiger partial charge < -0.3 is 9.73 Å². The number of aromatic nitrogens is 4. The van der Waals surface area contributed by atoms with Gasteiger partial charge >= 0.3 is 0 Å². The molecular weight excluding hydrogens is 402 g/mol. The lowest BCUT2D eigenvalue weighted by Crippen LogP contribution is -2.29. The maximum atomic E-state index is 13.0. The van der Waals surface area contributed by atoms with Gasteiger partial charge in [0, 0.05) is 23.2 Å². The predicted octanol–water partition coefficient (Wildman–Crippen LogP) is 4.33. The summed E-state index contributed by atoms with van der Waals surface area (Å²) in [4.78, 5) is 21.7. The number of amides is 1. The fourth-order valence-electron chi connectivity index (χ4n) is 4.10. The predicted molar refractivity (Wildman–Crippen MR) is 121 cm³/mol. The Morgan fingerprint density at radius 3 is 2.69 bits per heavy atom. The molecule has 32 heavy (non-hydrogen) atoms. The molecule has 2 aromatic carbocycles. The number of fused-ring (bicyclic) bond motifs is 2. The normalized spacial score (nSPS) is 12.3. The summed E-state index contributed by atoms with van der Waals surface area (Å²) in [6.45, 7) is 3.92. The number of rotatable bonds is 6. The van der Waals surface area contributed by atoms with Crippen LogP contribution < -0.4 is 5.32 Å². The standard InChI is InChI=1S/C25H23N5O2/c1-16-20(17(2)30-25(28-16)26-15-27-30)12-13-23(31)29-24(18-8-4-3-5-9-18)22-14-19-10-6-7-11-21(19)32-22/h3-11,14-15,24H,12-13H2,1-2H3,(H,29,31). The highest BCUT2D eigenvalue weighted by molar-refractivity contribution is 5.80. The van der Waals surface area contributed by atoms with Gasteiger partial charge in [0.2, 0.25) is 5.91 Å². The SMILES string of the molecule is Cc1nc2ncnn2c(C)c1CCC(=O)NC(c1ccccc1)c1cc2ccccc2o1. The van der Waals surface area contributed by atoms with Crippen molar-refractivity contribution in [1.82, 2.24) is 24.9 Å². The number of carbonyl (C=O) groups is 1. The first-order chi connectivity index (χ1) is 15.6. The molecular formula is C25H23N5O2. The van der Waals surface area contributed by atoms with Gasteiger partial charge in [-0.3, -0.25) is 4.79 Å². The Kier molecular flexibility index (Phi) is 5.15. The van der Waals surface area contributed by atoms with Crippen molar-refractivity contribution in [2.45, 2.75) is 32.7 Å². The van der Waals surface area contributed by atoms with Crippen LogP contribution in [0, 0.1) is 13.8 Å². The number of para-hydroxylation sites is 1. The quantitative estimate of drug-likeness (QED) is 0.438. The Labute approximate surface area is 185 Å². The van der Waals surface area contributed by atoms with Gasteiger partial charge in [-0.15, -0.1) is 0 Å². The maximum Gasteiger partial charge on any atom is 0.252 e. The minimum atomic E-state index is -0.366. The van der Waals surface area contributed by atoms with Crippen LogP contribution in [-0.4, -0.2) is 25.5 Å². The van der Waals surface area contributed by atoms with E-state index in [0.29, 0.717) is 24.4 Å². The van der Waals surface area contributed by atoms with E-state index in [1.54, 1.807) is 4.52 Å². The highest BCUT2D eigenvalue weighted by atomic mass is 16.3. The first kappa shape index (κ1) is 19.9. The fraction of sp³-hybridized carbons (Fsp3) is 0.200. The summed E-state index contributed by atoms with van der Waals surface area (Å²) in [6.07, 6.45) is 2.38.